The molecule has 0 fully saturated rings. The van der Waals surface area contributed by atoms with Crippen molar-refractivity contribution in [1.82, 2.24) is 4.98 Å². The fourth-order valence-electron chi connectivity index (χ4n) is 3.08. The Morgan fingerprint density at radius 1 is 1.03 bits per heavy atom. The molecule has 166 valence electrons. The standard InChI is InChI=1S/C23H25F3NO2S2/c1-4-5-21-20(14-15-29-31(3,28)19-12-6-16(2)7-13-19)27-22(30-21)17-8-10-18(11-9-17)23(24,25)26/h6-13H,4-5,14-15H2,1-3H3/q+1. The van der Waals surface area contributed by atoms with Crippen molar-refractivity contribution in [3.63, 3.8) is 0 Å². The van der Waals surface area contributed by atoms with Gasteiger partial charge in [-0.25, -0.2) is 4.98 Å². The van der Waals surface area contributed by atoms with E-state index in [0.29, 0.717) is 21.9 Å². The van der Waals surface area contributed by atoms with Gasteiger partial charge in [0.1, 0.15) is 17.9 Å². The summed E-state index contributed by atoms with van der Waals surface area (Å²) in [5.74, 6) is 0. The zero-order chi connectivity index (χ0) is 22.6. The lowest BCUT2D eigenvalue weighted by Gasteiger charge is -2.07. The van der Waals surface area contributed by atoms with Crippen LogP contribution in [0.5, 0.6) is 0 Å². The maximum Gasteiger partial charge on any atom is 0.416 e. The van der Waals surface area contributed by atoms with Gasteiger partial charge in [-0.05, 0) is 37.6 Å². The Bertz CT molecular complexity index is 1060. The molecular formula is C23H25F3NO2S2+. The summed E-state index contributed by atoms with van der Waals surface area (Å²) in [6.45, 7) is 4.28. The molecule has 1 unspecified atom stereocenters. The van der Waals surface area contributed by atoms with Crippen molar-refractivity contribution < 1.29 is 21.6 Å². The fraction of sp³-hybridized carbons (Fsp3) is 0.348. The quantitative estimate of drug-likeness (QED) is 0.343. The minimum atomic E-state index is -4.36. The van der Waals surface area contributed by atoms with Crippen molar-refractivity contribution in [2.45, 2.75) is 44.2 Å². The minimum Gasteiger partial charge on any atom is -0.241 e. The normalized spacial score (nSPS) is 13.9. The third-order valence-electron chi connectivity index (χ3n) is 4.81. The van der Waals surface area contributed by atoms with Gasteiger partial charge in [0.15, 0.2) is 4.90 Å². The monoisotopic (exact) mass is 468 g/mol. The van der Waals surface area contributed by atoms with Crippen molar-refractivity contribution in [3.05, 3.63) is 70.2 Å². The zero-order valence-corrected chi connectivity index (χ0v) is 19.3. The van der Waals surface area contributed by atoms with Gasteiger partial charge in [-0.1, -0.05) is 47.4 Å². The van der Waals surface area contributed by atoms with Gasteiger partial charge in [-0.15, -0.1) is 11.3 Å². The Kier molecular flexibility index (Phi) is 7.34. The van der Waals surface area contributed by atoms with E-state index in [1.54, 1.807) is 6.26 Å². The maximum atomic E-state index is 12.9. The Labute approximate surface area is 185 Å². The molecule has 0 spiro atoms. The predicted molar refractivity (Wildman–Crippen MR) is 120 cm³/mol. The van der Waals surface area contributed by atoms with Gasteiger partial charge in [0.25, 0.3) is 0 Å². The molecule has 0 saturated heterocycles. The van der Waals surface area contributed by atoms with Crippen molar-refractivity contribution in [3.8, 4) is 10.6 Å². The summed E-state index contributed by atoms with van der Waals surface area (Å²) in [4.78, 5) is 6.39. The van der Waals surface area contributed by atoms with Crippen LogP contribution in [0.2, 0.25) is 0 Å². The number of thiazole rings is 1. The van der Waals surface area contributed by atoms with Gasteiger partial charge in [-0.3, -0.25) is 0 Å². The number of aryl methyl sites for hydroxylation is 2. The molecule has 1 heterocycles. The summed E-state index contributed by atoms with van der Waals surface area (Å²) in [6.07, 6.45) is -0.534. The maximum absolute atomic E-state index is 12.9. The van der Waals surface area contributed by atoms with E-state index in [-0.39, 0.29) is 6.61 Å². The van der Waals surface area contributed by atoms with Crippen LogP contribution in [0, 0.1) is 6.92 Å². The van der Waals surface area contributed by atoms with Gasteiger partial charge in [0, 0.05) is 16.9 Å². The van der Waals surface area contributed by atoms with E-state index in [9.17, 15) is 17.4 Å². The van der Waals surface area contributed by atoms with Crippen molar-refractivity contribution in [2.24, 2.45) is 0 Å². The molecule has 8 heteroatoms. The first-order valence-corrected chi connectivity index (χ1v) is 12.7. The van der Waals surface area contributed by atoms with Crippen molar-refractivity contribution in [1.29, 1.82) is 0 Å². The second kappa shape index (κ2) is 9.63. The Morgan fingerprint density at radius 2 is 1.68 bits per heavy atom. The summed E-state index contributed by atoms with van der Waals surface area (Å²) < 4.78 is 57.1. The van der Waals surface area contributed by atoms with E-state index in [0.717, 1.165) is 41.1 Å². The number of hydrogen-bond acceptors (Lipinski definition) is 4. The van der Waals surface area contributed by atoms with Gasteiger partial charge in [0.05, 0.1) is 11.3 Å². The summed E-state index contributed by atoms with van der Waals surface area (Å²) in [5, 5.41) is 0.683. The lowest BCUT2D eigenvalue weighted by Crippen LogP contribution is -2.15. The number of rotatable bonds is 8. The fourth-order valence-corrected chi connectivity index (χ4v) is 5.46. The largest absolute Gasteiger partial charge is 0.416 e. The average molecular weight is 469 g/mol. The molecule has 2 aromatic carbocycles. The van der Waals surface area contributed by atoms with Gasteiger partial charge in [0.2, 0.25) is 10.2 Å². The highest BCUT2D eigenvalue weighted by molar-refractivity contribution is 7.98. The molecule has 31 heavy (non-hydrogen) atoms. The predicted octanol–water partition coefficient (Wildman–Crippen LogP) is 6.75. The number of alkyl halides is 3. The first-order valence-electron chi connectivity index (χ1n) is 9.96. The minimum absolute atomic E-state index is 0.246. The number of hydrogen-bond donors (Lipinski definition) is 0. The first-order chi connectivity index (χ1) is 14.6. The molecule has 0 aliphatic carbocycles. The van der Waals surface area contributed by atoms with Crippen LogP contribution in [-0.2, 0) is 37.6 Å². The number of nitrogens with zero attached hydrogens (tertiary/aromatic N) is 1. The van der Waals surface area contributed by atoms with E-state index in [2.05, 4.69) is 11.9 Å². The Hall–Kier alpha value is -2.03. The van der Waals surface area contributed by atoms with Crippen LogP contribution in [0.25, 0.3) is 10.6 Å². The second-order valence-electron chi connectivity index (χ2n) is 7.37. The van der Waals surface area contributed by atoms with E-state index in [1.165, 1.54) is 23.5 Å². The third kappa shape index (κ3) is 6.02. The first kappa shape index (κ1) is 23.6. The molecule has 1 atom stereocenters. The van der Waals surface area contributed by atoms with Crippen molar-refractivity contribution in [2.75, 3.05) is 12.9 Å². The van der Waals surface area contributed by atoms with Crippen LogP contribution < -0.4 is 0 Å². The van der Waals surface area contributed by atoms with Crippen LogP contribution in [0.4, 0.5) is 13.2 Å². The van der Waals surface area contributed by atoms with E-state index in [4.69, 9.17) is 4.18 Å². The van der Waals surface area contributed by atoms with Gasteiger partial charge in [-0.2, -0.15) is 17.4 Å². The molecule has 3 rings (SSSR count). The molecule has 0 bridgehead atoms. The molecule has 0 N–H and O–H groups in total. The highest BCUT2D eigenvalue weighted by atomic mass is 32.3. The molecule has 0 aliphatic heterocycles. The molecule has 0 aliphatic rings. The van der Waals surface area contributed by atoms with Crippen molar-refractivity contribution >= 4 is 21.6 Å². The average Bonchev–Trinajstić information content (AvgIpc) is 3.11. The topological polar surface area (TPSA) is 39.2 Å². The second-order valence-corrected chi connectivity index (χ2v) is 10.7. The smallest absolute Gasteiger partial charge is 0.241 e. The van der Waals surface area contributed by atoms with Crippen LogP contribution in [0.3, 0.4) is 0 Å². The molecule has 0 saturated carbocycles. The Balaban J connectivity index is 1.73. The molecular weight excluding hydrogens is 443 g/mol. The Morgan fingerprint density at radius 3 is 2.26 bits per heavy atom. The summed E-state index contributed by atoms with van der Waals surface area (Å²) in [7, 11) is -2.62. The van der Waals surface area contributed by atoms with E-state index < -0.39 is 22.0 Å². The third-order valence-corrected chi connectivity index (χ3v) is 7.76. The summed E-state index contributed by atoms with van der Waals surface area (Å²) >= 11 is 1.49. The molecule has 3 nitrogen and oxygen atoms in total. The molecule has 0 radical (unpaired) electrons. The van der Waals surface area contributed by atoms with Gasteiger partial charge < -0.3 is 0 Å². The van der Waals surface area contributed by atoms with Crippen LogP contribution in [0.15, 0.2) is 53.4 Å². The van der Waals surface area contributed by atoms with E-state index >= 15 is 0 Å². The summed E-state index contributed by atoms with van der Waals surface area (Å²) in [5.41, 5.74) is 1.91. The SMILES string of the molecule is CCCc1sc(-c2ccc(C(F)(F)F)cc2)nc1CCO[S+](C)(=O)c1ccc(C)cc1. The zero-order valence-electron chi connectivity index (χ0n) is 17.7. The highest BCUT2D eigenvalue weighted by Crippen LogP contribution is 2.33. The lowest BCUT2D eigenvalue weighted by atomic mass is 10.1. The number of aromatic nitrogens is 1. The number of benzene rings is 2. The highest BCUT2D eigenvalue weighted by Gasteiger charge is 2.30. The number of halogens is 3. The lowest BCUT2D eigenvalue weighted by molar-refractivity contribution is -0.137. The summed E-state index contributed by atoms with van der Waals surface area (Å²) in [6, 6.07) is 12.5. The van der Waals surface area contributed by atoms with E-state index in [1.807, 2.05) is 31.2 Å². The van der Waals surface area contributed by atoms with Crippen LogP contribution >= 0.6 is 11.3 Å². The van der Waals surface area contributed by atoms with Gasteiger partial charge >= 0.3 is 6.18 Å². The molecule has 0 amide bonds. The molecule has 3 aromatic rings. The molecule has 1 aromatic heterocycles. The van der Waals surface area contributed by atoms with Crippen LogP contribution in [-0.4, -0.2) is 17.8 Å². The van der Waals surface area contributed by atoms with Crippen LogP contribution in [0.1, 0.15) is 35.0 Å².